The normalized spacial score (nSPS) is 22.9. The molecule has 0 unspecified atom stereocenters. The van der Waals surface area contributed by atoms with Gasteiger partial charge in [0.25, 0.3) is 0 Å². The average molecular weight is 229 g/mol. The average Bonchev–Trinajstić information content (AvgIpc) is 2.96. The maximum atomic E-state index is 6.13. The smallest absolute Gasteiger partial charge is 0.00140 e. The summed E-state index contributed by atoms with van der Waals surface area (Å²) in [6.45, 7) is 0.859. The minimum Gasteiger partial charge on any atom is -0.330 e. The molecule has 2 aliphatic rings. The molecule has 1 fully saturated rings. The van der Waals surface area contributed by atoms with Crippen LogP contribution in [-0.2, 0) is 12.8 Å². The summed E-state index contributed by atoms with van der Waals surface area (Å²) in [4.78, 5) is 0. The maximum absolute atomic E-state index is 6.13. The van der Waals surface area contributed by atoms with Crippen LogP contribution < -0.4 is 5.73 Å². The second-order valence-corrected chi connectivity index (χ2v) is 6.18. The molecule has 0 bridgehead atoms. The second kappa shape index (κ2) is 4.45. The van der Waals surface area contributed by atoms with Gasteiger partial charge in [-0.1, -0.05) is 49.9 Å². The number of hydrogen-bond acceptors (Lipinski definition) is 1. The second-order valence-electron chi connectivity index (χ2n) is 6.18. The van der Waals surface area contributed by atoms with Crippen molar-refractivity contribution in [2.75, 3.05) is 6.54 Å². The van der Waals surface area contributed by atoms with Crippen LogP contribution in [0.15, 0.2) is 24.3 Å². The molecule has 17 heavy (non-hydrogen) atoms. The Hall–Kier alpha value is -0.820. The van der Waals surface area contributed by atoms with E-state index >= 15 is 0 Å². The Morgan fingerprint density at radius 2 is 1.65 bits per heavy atom. The molecule has 0 heterocycles. The molecule has 2 aliphatic carbocycles. The van der Waals surface area contributed by atoms with Crippen molar-refractivity contribution in [1.82, 2.24) is 0 Å². The van der Waals surface area contributed by atoms with E-state index in [1.807, 2.05) is 0 Å². The van der Waals surface area contributed by atoms with Gasteiger partial charge in [0.2, 0.25) is 0 Å². The summed E-state index contributed by atoms with van der Waals surface area (Å²) in [5.41, 5.74) is 9.62. The molecule has 0 aliphatic heterocycles. The Balaban J connectivity index is 1.77. The minimum absolute atomic E-state index is 0.388. The number of nitrogens with two attached hydrogens (primary N) is 1. The van der Waals surface area contributed by atoms with E-state index in [0.717, 1.165) is 12.5 Å². The van der Waals surface area contributed by atoms with Crippen molar-refractivity contribution in [2.24, 2.45) is 17.1 Å². The molecular formula is C16H23N. The van der Waals surface area contributed by atoms with Crippen molar-refractivity contribution in [1.29, 1.82) is 0 Å². The lowest BCUT2D eigenvalue weighted by Gasteiger charge is -2.30. The van der Waals surface area contributed by atoms with Gasteiger partial charge in [0, 0.05) is 0 Å². The number of fused-ring (bicyclic) bond motifs is 1. The first-order chi connectivity index (χ1) is 8.31. The van der Waals surface area contributed by atoms with Crippen LogP contribution in [0.3, 0.4) is 0 Å². The summed E-state index contributed by atoms with van der Waals surface area (Å²) in [5, 5.41) is 0. The van der Waals surface area contributed by atoms with Crippen molar-refractivity contribution in [3.8, 4) is 0 Å². The Morgan fingerprint density at radius 3 is 2.18 bits per heavy atom. The molecule has 1 nitrogen and oxygen atoms in total. The van der Waals surface area contributed by atoms with Crippen molar-refractivity contribution in [3.63, 3.8) is 0 Å². The predicted octanol–water partition coefficient (Wildman–Crippen LogP) is 3.31. The highest BCUT2D eigenvalue weighted by atomic mass is 14.6. The lowest BCUT2D eigenvalue weighted by molar-refractivity contribution is 0.235. The lowest BCUT2D eigenvalue weighted by Crippen LogP contribution is -2.33. The zero-order valence-corrected chi connectivity index (χ0v) is 10.6. The topological polar surface area (TPSA) is 26.0 Å². The van der Waals surface area contributed by atoms with Crippen LogP contribution in [0.1, 0.15) is 43.2 Å². The zero-order chi connectivity index (χ0) is 11.7. The van der Waals surface area contributed by atoms with Crippen LogP contribution in [0.4, 0.5) is 0 Å². The summed E-state index contributed by atoms with van der Waals surface area (Å²) in [5.74, 6) is 0.952. The summed E-state index contributed by atoms with van der Waals surface area (Å²) in [6, 6.07) is 8.92. The molecule has 0 spiro atoms. The van der Waals surface area contributed by atoms with Crippen LogP contribution in [0.5, 0.6) is 0 Å². The molecule has 1 aromatic rings. The van der Waals surface area contributed by atoms with Gasteiger partial charge in [-0.2, -0.15) is 0 Å². The number of rotatable bonds is 3. The largest absolute Gasteiger partial charge is 0.330 e. The standard InChI is InChI=1S/C16H23N/c17-12-16(9-13-5-1-2-6-13)10-14-7-3-4-8-15(14)11-16/h3-4,7-8,13H,1-2,5-6,9-12,17H2. The van der Waals surface area contributed by atoms with E-state index in [-0.39, 0.29) is 0 Å². The summed E-state index contributed by atoms with van der Waals surface area (Å²) in [7, 11) is 0. The quantitative estimate of drug-likeness (QED) is 0.845. The molecule has 3 rings (SSSR count). The molecule has 1 aromatic carbocycles. The van der Waals surface area contributed by atoms with Crippen molar-refractivity contribution >= 4 is 0 Å². The zero-order valence-electron chi connectivity index (χ0n) is 10.6. The lowest BCUT2D eigenvalue weighted by atomic mass is 9.76. The Labute approximate surface area is 104 Å². The molecule has 92 valence electrons. The third-order valence-corrected chi connectivity index (χ3v) is 4.88. The van der Waals surface area contributed by atoms with E-state index in [2.05, 4.69) is 24.3 Å². The van der Waals surface area contributed by atoms with Gasteiger partial charge >= 0.3 is 0 Å². The van der Waals surface area contributed by atoms with Crippen LogP contribution in [0.25, 0.3) is 0 Å². The fourth-order valence-corrected chi connectivity index (χ4v) is 3.97. The fraction of sp³-hybridized carbons (Fsp3) is 0.625. The van der Waals surface area contributed by atoms with Gasteiger partial charge in [-0.3, -0.25) is 0 Å². The summed E-state index contributed by atoms with van der Waals surface area (Å²) >= 11 is 0. The highest BCUT2D eigenvalue weighted by molar-refractivity contribution is 5.34. The van der Waals surface area contributed by atoms with Gasteiger partial charge in [-0.15, -0.1) is 0 Å². The van der Waals surface area contributed by atoms with E-state index < -0.39 is 0 Å². The monoisotopic (exact) mass is 229 g/mol. The summed E-state index contributed by atoms with van der Waals surface area (Å²) < 4.78 is 0. The van der Waals surface area contributed by atoms with Crippen LogP contribution in [0.2, 0.25) is 0 Å². The highest BCUT2D eigenvalue weighted by Crippen LogP contribution is 2.44. The van der Waals surface area contributed by atoms with E-state index in [4.69, 9.17) is 5.73 Å². The molecule has 2 N–H and O–H groups in total. The third kappa shape index (κ3) is 2.13. The molecule has 0 aromatic heterocycles. The molecular weight excluding hydrogens is 206 g/mol. The molecule has 0 amide bonds. The predicted molar refractivity (Wildman–Crippen MR) is 71.9 cm³/mol. The van der Waals surface area contributed by atoms with E-state index in [1.165, 1.54) is 44.9 Å². The van der Waals surface area contributed by atoms with Gasteiger partial charge in [0.1, 0.15) is 0 Å². The van der Waals surface area contributed by atoms with Crippen LogP contribution in [0, 0.1) is 11.3 Å². The fourth-order valence-electron chi connectivity index (χ4n) is 3.97. The van der Waals surface area contributed by atoms with Gasteiger partial charge in [0.15, 0.2) is 0 Å². The van der Waals surface area contributed by atoms with Crippen molar-refractivity contribution in [2.45, 2.75) is 44.9 Å². The first-order valence-corrected chi connectivity index (χ1v) is 7.08. The summed E-state index contributed by atoms with van der Waals surface area (Å²) in [6.07, 6.45) is 9.57. The molecule has 1 heteroatoms. The first kappa shape index (κ1) is 11.3. The Bertz CT molecular complexity index is 365. The first-order valence-electron chi connectivity index (χ1n) is 7.08. The van der Waals surface area contributed by atoms with E-state index in [1.54, 1.807) is 11.1 Å². The van der Waals surface area contributed by atoms with E-state index in [0.29, 0.717) is 5.41 Å². The van der Waals surface area contributed by atoms with Crippen molar-refractivity contribution < 1.29 is 0 Å². The van der Waals surface area contributed by atoms with E-state index in [9.17, 15) is 0 Å². The van der Waals surface area contributed by atoms with Gasteiger partial charge in [-0.25, -0.2) is 0 Å². The number of benzene rings is 1. The Morgan fingerprint density at radius 1 is 1.06 bits per heavy atom. The minimum atomic E-state index is 0.388. The van der Waals surface area contributed by atoms with Gasteiger partial charge in [-0.05, 0) is 48.3 Å². The van der Waals surface area contributed by atoms with Crippen LogP contribution in [-0.4, -0.2) is 6.54 Å². The van der Waals surface area contributed by atoms with Gasteiger partial charge < -0.3 is 5.73 Å². The van der Waals surface area contributed by atoms with Gasteiger partial charge in [0.05, 0.1) is 0 Å². The molecule has 0 atom stereocenters. The molecule has 1 saturated carbocycles. The third-order valence-electron chi connectivity index (χ3n) is 4.88. The SMILES string of the molecule is NCC1(CC2CCCC2)Cc2ccccc2C1. The molecule has 0 saturated heterocycles. The Kier molecular flexibility index (Phi) is 2.96. The number of hydrogen-bond donors (Lipinski definition) is 1. The molecule has 0 radical (unpaired) electrons. The highest BCUT2D eigenvalue weighted by Gasteiger charge is 2.38. The van der Waals surface area contributed by atoms with Crippen LogP contribution >= 0.6 is 0 Å². The van der Waals surface area contributed by atoms with Crippen molar-refractivity contribution in [3.05, 3.63) is 35.4 Å². The maximum Gasteiger partial charge on any atom is -0.00140 e.